The molecule has 0 bridgehead atoms. The molecule has 2 nitrogen and oxygen atoms in total. The number of anilines is 2. The van der Waals surface area contributed by atoms with Crippen molar-refractivity contribution in [3.63, 3.8) is 0 Å². The van der Waals surface area contributed by atoms with Gasteiger partial charge in [-0.1, -0.05) is 12.1 Å². The van der Waals surface area contributed by atoms with Gasteiger partial charge in [-0.3, -0.25) is 0 Å². The van der Waals surface area contributed by atoms with Gasteiger partial charge < -0.3 is 10.6 Å². The average molecular weight is 290 g/mol. The highest BCUT2D eigenvalue weighted by molar-refractivity contribution is 5.80. The van der Waals surface area contributed by atoms with Crippen LogP contribution < -0.4 is 10.6 Å². The molecule has 0 aromatic heterocycles. The highest BCUT2D eigenvalue weighted by Crippen LogP contribution is 2.59. The van der Waals surface area contributed by atoms with E-state index in [0.29, 0.717) is 0 Å². The highest BCUT2D eigenvalue weighted by atomic mass is 15.1. The molecule has 3 aliphatic rings. The molecule has 0 amide bonds. The number of benzene rings is 2. The molecule has 0 saturated heterocycles. The second-order valence-corrected chi connectivity index (χ2v) is 7.47. The van der Waals surface area contributed by atoms with E-state index in [1.54, 1.807) is 0 Å². The van der Waals surface area contributed by atoms with E-state index in [1.165, 1.54) is 47.3 Å². The summed E-state index contributed by atoms with van der Waals surface area (Å²) in [4.78, 5) is 2.46. The van der Waals surface area contributed by atoms with Gasteiger partial charge in [0.2, 0.25) is 0 Å². The predicted octanol–water partition coefficient (Wildman–Crippen LogP) is 3.93. The molecule has 112 valence electrons. The topological polar surface area (TPSA) is 29.3 Å². The van der Waals surface area contributed by atoms with Gasteiger partial charge in [0.15, 0.2) is 0 Å². The Kier molecular flexibility index (Phi) is 2.45. The van der Waals surface area contributed by atoms with Crippen molar-refractivity contribution in [1.29, 1.82) is 0 Å². The van der Waals surface area contributed by atoms with Crippen LogP contribution in [0.25, 0.3) is 11.1 Å². The van der Waals surface area contributed by atoms with E-state index in [-0.39, 0.29) is 0 Å². The van der Waals surface area contributed by atoms with Crippen molar-refractivity contribution in [3.8, 4) is 11.1 Å². The molecule has 3 unspecified atom stereocenters. The first-order valence-electron chi connectivity index (χ1n) is 8.42. The van der Waals surface area contributed by atoms with Gasteiger partial charge in [-0.25, -0.2) is 0 Å². The van der Waals surface area contributed by atoms with Crippen LogP contribution in [0.15, 0.2) is 36.4 Å². The number of nitrogen functional groups attached to an aromatic ring is 1. The third kappa shape index (κ3) is 1.79. The molecule has 2 fully saturated rings. The average Bonchev–Trinajstić information content (AvgIpc) is 3.02. The van der Waals surface area contributed by atoms with Crippen LogP contribution >= 0.6 is 0 Å². The molecule has 3 atom stereocenters. The Balaban J connectivity index is 1.41. The van der Waals surface area contributed by atoms with Gasteiger partial charge in [0, 0.05) is 25.0 Å². The van der Waals surface area contributed by atoms with Gasteiger partial charge in [0.25, 0.3) is 0 Å². The van der Waals surface area contributed by atoms with Crippen LogP contribution in [0.5, 0.6) is 0 Å². The molecular formula is C20H22N2. The molecule has 5 rings (SSSR count). The lowest BCUT2D eigenvalue weighted by Gasteiger charge is -2.31. The lowest BCUT2D eigenvalue weighted by Crippen LogP contribution is -2.31. The number of nitrogens with two attached hydrogens (primary N) is 1. The summed E-state index contributed by atoms with van der Waals surface area (Å²) in [5, 5.41) is 0. The van der Waals surface area contributed by atoms with Crippen molar-refractivity contribution in [2.75, 3.05) is 24.2 Å². The molecule has 2 N–H and O–H groups in total. The Hall–Kier alpha value is -1.96. The van der Waals surface area contributed by atoms with Crippen molar-refractivity contribution in [3.05, 3.63) is 47.5 Å². The summed E-state index contributed by atoms with van der Waals surface area (Å²) in [7, 11) is 2.25. The van der Waals surface area contributed by atoms with Crippen LogP contribution in [-0.2, 0) is 6.42 Å². The third-order valence-corrected chi connectivity index (χ3v) is 6.03. The summed E-state index contributed by atoms with van der Waals surface area (Å²) < 4.78 is 0. The number of hydrogen-bond donors (Lipinski definition) is 1. The van der Waals surface area contributed by atoms with Crippen molar-refractivity contribution >= 4 is 11.4 Å². The largest absolute Gasteiger partial charge is 0.399 e. The van der Waals surface area contributed by atoms with Gasteiger partial charge >= 0.3 is 0 Å². The molecule has 0 heterocycles. The molecule has 2 aromatic carbocycles. The lowest BCUT2D eigenvalue weighted by molar-refractivity contribution is 0.294. The van der Waals surface area contributed by atoms with E-state index in [9.17, 15) is 0 Å². The van der Waals surface area contributed by atoms with Gasteiger partial charge in [-0.15, -0.1) is 0 Å². The summed E-state index contributed by atoms with van der Waals surface area (Å²) in [6.07, 6.45) is 3.98. The van der Waals surface area contributed by atoms with Crippen LogP contribution in [0, 0.1) is 17.8 Å². The Morgan fingerprint density at radius 3 is 2.55 bits per heavy atom. The van der Waals surface area contributed by atoms with Crippen molar-refractivity contribution in [2.24, 2.45) is 17.8 Å². The first-order chi connectivity index (χ1) is 10.7. The Morgan fingerprint density at radius 1 is 1.05 bits per heavy atom. The van der Waals surface area contributed by atoms with E-state index in [0.717, 1.165) is 29.9 Å². The zero-order valence-corrected chi connectivity index (χ0v) is 13.0. The van der Waals surface area contributed by atoms with Gasteiger partial charge in [-0.2, -0.15) is 0 Å². The molecule has 0 spiro atoms. The molecule has 2 saturated carbocycles. The van der Waals surface area contributed by atoms with Crippen molar-refractivity contribution in [2.45, 2.75) is 19.3 Å². The van der Waals surface area contributed by atoms with Crippen molar-refractivity contribution < 1.29 is 0 Å². The van der Waals surface area contributed by atoms with Crippen molar-refractivity contribution in [1.82, 2.24) is 0 Å². The maximum Gasteiger partial charge on any atom is 0.0367 e. The minimum atomic E-state index is 0.868. The molecule has 0 aliphatic heterocycles. The number of rotatable bonds is 3. The summed E-state index contributed by atoms with van der Waals surface area (Å²) >= 11 is 0. The normalized spacial score (nSPS) is 26.7. The predicted molar refractivity (Wildman–Crippen MR) is 92.1 cm³/mol. The monoisotopic (exact) mass is 290 g/mol. The summed E-state index contributed by atoms with van der Waals surface area (Å²) in [5.41, 5.74) is 13.7. The Morgan fingerprint density at radius 2 is 1.82 bits per heavy atom. The fraction of sp³-hybridized carbons (Fsp3) is 0.400. The minimum absolute atomic E-state index is 0.868. The van der Waals surface area contributed by atoms with Crippen LogP contribution in [0.3, 0.4) is 0 Å². The van der Waals surface area contributed by atoms with E-state index in [4.69, 9.17) is 5.73 Å². The number of nitrogens with zero attached hydrogens (tertiary/aromatic N) is 1. The first-order valence-corrected chi connectivity index (χ1v) is 8.42. The zero-order chi connectivity index (χ0) is 14.8. The zero-order valence-electron chi connectivity index (χ0n) is 13.0. The van der Waals surface area contributed by atoms with Gasteiger partial charge in [0.1, 0.15) is 0 Å². The fourth-order valence-corrected chi connectivity index (χ4v) is 4.61. The number of fused-ring (bicyclic) bond motifs is 4. The van der Waals surface area contributed by atoms with E-state index in [2.05, 4.69) is 42.3 Å². The summed E-state index contributed by atoms with van der Waals surface area (Å²) in [5.74, 6) is 3.10. The first kappa shape index (κ1) is 12.6. The van der Waals surface area contributed by atoms with E-state index in [1.807, 2.05) is 6.07 Å². The molecule has 3 aliphatic carbocycles. The maximum absolute atomic E-state index is 5.93. The van der Waals surface area contributed by atoms with Crippen LogP contribution in [-0.4, -0.2) is 13.6 Å². The van der Waals surface area contributed by atoms with Gasteiger partial charge in [0.05, 0.1) is 0 Å². The molecule has 2 aromatic rings. The van der Waals surface area contributed by atoms with Crippen LogP contribution in [0.2, 0.25) is 0 Å². The quantitative estimate of drug-likeness (QED) is 0.741. The summed E-state index contributed by atoms with van der Waals surface area (Å²) in [6, 6.07) is 13.3. The molecule has 0 radical (unpaired) electrons. The molecular weight excluding hydrogens is 268 g/mol. The van der Waals surface area contributed by atoms with Crippen LogP contribution in [0.4, 0.5) is 11.4 Å². The second kappa shape index (κ2) is 4.28. The standard InChI is InChI=1S/C20H22N2/c1-22(11-15-7-14-10-20(14)15)17-3-5-19-13(9-17)6-12-8-16(21)2-4-18(12)19/h2-5,8-9,14-15,20H,6-7,10-11,21H2,1H3. The maximum atomic E-state index is 5.93. The summed E-state index contributed by atoms with van der Waals surface area (Å²) in [6.45, 7) is 1.22. The van der Waals surface area contributed by atoms with E-state index < -0.39 is 0 Å². The highest BCUT2D eigenvalue weighted by Gasteiger charge is 2.53. The van der Waals surface area contributed by atoms with Gasteiger partial charge in [-0.05, 0) is 83.5 Å². The van der Waals surface area contributed by atoms with Crippen LogP contribution in [0.1, 0.15) is 24.0 Å². The lowest BCUT2D eigenvalue weighted by atomic mass is 9.85. The smallest absolute Gasteiger partial charge is 0.0367 e. The fourth-order valence-electron chi connectivity index (χ4n) is 4.61. The molecule has 2 heteroatoms. The SMILES string of the molecule is CN(CC1CC2CC21)c1ccc2c(c1)Cc1cc(N)ccc1-2. The second-order valence-electron chi connectivity index (χ2n) is 7.47. The number of hydrogen-bond acceptors (Lipinski definition) is 2. The Labute approximate surface area is 131 Å². The minimum Gasteiger partial charge on any atom is -0.399 e. The van der Waals surface area contributed by atoms with E-state index >= 15 is 0 Å². The third-order valence-electron chi connectivity index (χ3n) is 6.03. The molecule has 22 heavy (non-hydrogen) atoms. The Bertz CT molecular complexity index is 764.